The zero-order chi connectivity index (χ0) is 15.3. The first-order chi connectivity index (χ1) is 10.0. The highest BCUT2D eigenvalue weighted by molar-refractivity contribution is 7.89. The minimum atomic E-state index is -3.53. The van der Waals surface area contributed by atoms with Crippen molar-refractivity contribution in [3.8, 4) is 0 Å². The molecule has 21 heavy (non-hydrogen) atoms. The van der Waals surface area contributed by atoms with E-state index in [-0.39, 0.29) is 4.90 Å². The van der Waals surface area contributed by atoms with E-state index in [1.54, 1.807) is 7.05 Å². The highest BCUT2D eigenvalue weighted by atomic mass is 35.5. The zero-order valence-corrected chi connectivity index (χ0v) is 13.8. The number of nitrogens with one attached hydrogen (secondary N) is 2. The van der Waals surface area contributed by atoms with E-state index in [1.807, 2.05) is 0 Å². The second-order valence-electron chi connectivity index (χ2n) is 5.44. The second kappa shape index (κ2) is 7.42. The van der Waals surface area contributed by atoms with Crippen molar-refractivity contribution in [3.05, 3.63) is 17.3 Å². The van der Waals surface area contributed by atoms with E-state index in [0.29, 0.717) is 23.3 Å². The quantitative estimate of drug-likeness (QED) is 0.840. The van der Waals surface area contributed by atoms with Crippen molar-refractivity contribution in [2.45, 2.75) is 43.4 Å². The molecule has 1 aromatic heterocycles. The third-order valence-corrected chi connectivity index (χ3v) is 5.65. The Balaban J connectivity index is 1.93. The van der Waals surface area contributed by atoms with Crippen LogP contribution in [0.5, 0.6) is 0 Å². The maximum atomic E-state index is 12.2. The molecule has 0 aliphatic heterocycles. The molecular weight excluding hydrogens is 310 g/mol. The van der Waals surface area contributed by atoms with Crippen LogP contribution in [0.15, 0.2) is 17.2 Å². The van der Waals surface area contributed by atoms with Crippen LogP contribution >= 0.6 is 11.6 Å². The summed E-state index contributed by atoms with van der Waals surface area (Å²) in [6.45, 7) is 0.471. The van der Waals surface area contributed by atoms with Gasteiger partial charge in [-0.25, -0.2) is 18.1 Å². The predicted molar refractivity (Wildman–Crippen MR) is 85.2 cm³/mol. The largest absolute Gasteiger partial charge is 0.372 e. The summed E-state index contributed by atoms with van der Waals surface area (Å²) >= 11 is 5.97. The molecule has 7 heteroatoms. The van der Waals surface area contributed by atoms with Gasteiger partial charge in [0.25, 0.3) is 0 Å². The summed E-state index contributed by atoms with van der Waals surface area (Å²) in [6, 6.07) is 1.42. The van der Waals surface area contributed by atoms with E-state index in [1.165, 1.54) is 44.4 Å². The Morgan fingerprint density at radius 3 is 2.67 bits per heavy atom. The topological polar surface area (TPSA) is 71.1 Å². The average molecular weight is 332 g/mol. The van der Waals surface area contributed by atoms with E-state index in [2.05, 4.69) is 15.0 Å². The van der Waals surface area contributed by atoms with Gasteiger partial charge in [0.15, 0.2) is 0 Å². The molecule has 1 aromatic rings. The Hall–Kier alpha value is -0.850. The van der Waals surface area contributed by atoms with Gasteiger partial charge >= 0.3 is 0 Å². The molecule has 0 aromatic carbocycles. The molecule has 0 bridgehead atoms. The van der Waals surface area contributed by atoms with Gasteiger partial charge in [-0.2, -0.15) is 0 Å². The Morgan fingerprint density at radius 2 is 2.05 bits per heavy atom. The Bertz CT molecular complexity index is 572. The lowest BCUT2D eigenvalue weighted by Crippen LogP contribution is -2.26. The highest BCUT2D eigenvalue weighted by Crippen LogP contribution is 2.26. The van der Waals surface area contributed by atoms with Crippen molar-refractivity contribution in [2.75, 3.05) is 18.9 Å². The normalized spacial score (nSPS) is 16.9. The number of aromatic nitrogens is 1. The first kappa shape index (κ1) is 16.5. The predicted octanol–water partition coefficient (Wildman–Crippen LogP) is 3.03. The lowest BCUT2D eigenvalue weighted by atomic mass is 9.87. The first-order valence-corrected chi connectivity index (χ1v) is 9.22. The fourth-order valence-electron chi connectivity index (χ4n) is 2.71. The molecule has 0 amide bonds. The van der Waals surface area contributed by atoms with Gasteiger partial charge in [-0.3, -0.25) is 0 Å². The standard InChI is InChI=1S/C14H22ClN3O2S/c1-16-14-13(15)9-12(10-17-14)21(19,20)18-8-7-11-5-3-2-4-6-11/h9-11,18H,2-8H2,1H3,(H,16,17). The summed E-state index contributed by atoms with van der Waals surface area (Å²) < 4.78 is 27.0. The van der Waals surface area contributed by atoms with Crippen molar-refractivity contribution < 1.29 is 8.42 Å². The van der Waals surface area contributed by atoms with Crippen molar-refractivity contribution in [2.24, 2.45) is 5.92 Å². The molecule has 0 atom stereocenters. The number of rotatable bonds is 6. The second-order valence-corrected chi connectivity index (χ2v) is 7.62. The van der Waals surface area contributed by atoms with Crippen molar-refractivity contribution in [1.82, 2.24) is 9.71 Å². The number of pyridine rings is 1. The van der Waals surface area contributed by atoms with Gasteiger partial charge in [0.05, 0.1) is 5.02 Å². The van der Waals surface area contributed by atoms with Crippen LogP contribution in [0, 0.1) is 5.92 Å². The molecule has 2 rings (SSSR count). The van der Waals surface area contributed by atoms with Crippen LogP contribution in [-0.2, 0) is 10.0 Å². The van der Waals surface area contributed by atoms with Gasteiger partial charge in [0.2, 0.25) is 10.0 Å². The van der Waals surface area contributed by atoms with E-state index in [0.717, 1.165) is 6.42 Å². The lowest BCUT2D eigenvalue weighted by molar-refractivity contribution is 0.339. The molecular formula is C14H22ClN3O2S. The first-order valence-electron chi connectivity index (χ1n) is 7.36. The summed E-state index contributed by atoms with van der Waals surface area (Å²) in [6.07, 6.45) is 8.49. The Labute approximate surface area is 131 Å². The van der Waals surface area contributed by atoms with Crippen LogP contribution < -0.4 is 10.0 Å². The molecule has 0 saturated heterocycles. The van der Waals surface area contributed by atoms with Crippen LogP contribution in [0.25, 0.3) is 0 Å². The fraction of sp³-hybridized carbons (Fsp3) is 0.643. The van der Waals surface area contributed by atoms with Gasteiger partial charge in [-0.15, -0.1) is 0 Å². The summed E-state index contributed by atoms with van der Waals surface area (Å²) in [4.78, 5) is 4.11. The maximum Gasteiger partial charge on any atom is 0.242 e. The highest BCUT2D eigenvalue weighted by Gasteiger charge is 2.18. The van der Waals surface area contributed by atoms with Crippen LogP contribution in [0.4, 0.5) is 5.82 Å². The van der Waals surface area contributed by atoms with Crippen molar-refractivity contribution in [1.29, 1.82) is 0 Å². The smallest absolute Gasteiger partial charge is 0.242 e. The number of halogens is 1. The molecule has 0 spiro atoms. The summed E-state index contributed by atoms with van der Waals surface area (Å²) in [7, 11) is -1.85. The average Bonchev–Trinajstić information content (AvgIpc) is 2.48. The van der Waals surface area contributed by atoms with Crippen LogP contribution in [0.1, 0.15) is 38.5 Å². The van der Waals surface area contributed by atoms with Gasteiger partial charge in [0, 0.05) is 19.8 Å². The molecule has 1 fully saturated rings. The zero-order valence-electron chi connectivity index (χ0n) is 12.2. The molecule has 1 aliphatic carbocycles. The van der Waals surface area contributed by atoms with Crippen molar-refractivity contribution in [3.63, 3.8) is 0 Å². The molecule has 5 nitrogen and oxygen atoms in total. The summed E-state index contributed by atoms with van der Waals surface area (Å²) in [5, 5.41) is 3.10. The number of sulfonamides is 1. The molecule has 0 radical (unpaired) electrons. The maximum absolute atomic E-state index is 12.2. The Morgan fingerprint density at radius 1 is 1.33 bits per heavy atom. The van der Waals surface area contributed by atoms with E-state index < -0.39 is 10.0 Å². The molecule has 118 valence electrons. The van der Waals surface area contributed by atoms with Gasteiger partial charge in [0.1, 0.15) is 10.7 Å². The fourth-order valence-corrected chi connectivity index (χ4v) is 4.05. The molecule has 1 aliphatic rings. The van der Waals surface area contributed by atoms with Gasteiger partial charge in [-0.05, 0) is 18.4 Å². The third kappa shape index (κ3) is 4.56. The monoisotopic (exact) mass is 331 g/mol. The number of anilines is 1. The van der Waals surface area contributed by atoms with Gasteiger partial charge in [-0.1, -0.05) is 43.7 Å². The van der Waals surface area contributed by atoms with E-state index >= 15 is 0 Å². The molecule has 0 unspecified atom stereocenters. The Kier molecular flexibility index (Phi) is 5.84. The number of hydrogen-bond acceptors (Lipinski definition) is 4. The van der Waals surface area contributed by atoms with Crippen LogP contribution in [0.2, 0.25) is 5.02 Å². The molecule has 1 heterocycles. The van der Waals surface area contributed by atoms with Crippen molar-refractivity contribution >= 4 is 27.4 Å². The van der Waals surface area contributed by atoms with Gasteiger partial charge < -0.3 is 5.32 Å². The summed E-state index contributed by atoms with van der Waals surface area (Å²) in [5.74, 6) is 1.12. The van der Waals surface area contributed by atoms with Crippen LogP contribution in [-0.4, -0.2) is 27.0 Å². The molecule has 1 saturated carbocycles. The van der Waals surface area contributed by atoms with E-state index in [9.17, 15) is 8.42 Å². The minimum Gasteiger partial charge on any atom is -0.372 e. The SMILES string of the molecule is CNc1ncc(S(=O)(=O)NCCC2CCCCC2)cc1Cl. The number of hydrogen-bond donors (Lipinski definition) is 2. The van der Waals surface area contributed by atoms with E-state index in [4.69, 9.17) is 11.6 Å². The molecule has 2 N–H and O–H groups in total. The third-order valence-electron chi connectivity index (χ3n) is 3.93. The summed E-state index contributed by atoms with van der Waals surface area (Å²) in [5.41, 5.74) is 0. The number of nitrogens with zero attached hydrogens (tertiary/aromatic N) is 1. The minimum absolute atomic E-state index is 0.107. The van der Waals surface area contributed by atoms with Crippen LogP contribution in [0.3, 0.4) is 0 Å². The lowest BCUT2D eigenvalue weighted by Gasteiger charge is -2.21.